The van der Waals surface area contributed by atoms with Crippen LogP contribution in [0.5, 0.6) is 0 Å². The van der Waals surface area contributed by atoms with Crippen LogP contribution < -0.4 is 5.73 Å². The summed E-state index contributed by atoms with van der Waals surface area (Å²) in [6.45, 7) is 7.39. The van der Waals surface area contributed by atoms with Crippen molar-refractivity contribution in [2.24, 2.45) is 29.4 Å². The topological polar surface area (TPSA) is 38.5 Å². The molecule has 114 valence electrons. The van der Waals surface area contributed by atoms with Gasteiger partial charge in [-0.15, -0.1) is 0 Å². The van der Waals surface area contributed by atoms with Gasteiger partial charge < -0.3 is 10.5 Å². The molecule has 0 radical (unpaired) electrons. The van der Waals surface area contributed by atoms with Crippen LogP contribution in [0.1, 0.15) is 46.0 Å². The number of rotatable bonds is 2. The number of morpholine rings is 1. The zero-order valence-corrected chi connectivity index (χ0v) is 13.1. The Labute approximate surface area is 123 Å². The average molecular weight is 278 g/mol. The minimum absolute atomic E-state index is 0.297. The van der Waals surface area contributed by atoms with Gasteiger partial charge in [0.2, 0.25) is 0 Å². The molecule has 0 aromatic heterocycles. The van der Waals surface area contributed by atoms with E-state index in [4.69, 9.17) is 10.5 Å². The molecule has 3 nitrogen and oxygen atoms in total. The highest BCUT2D eigenvalue weighted by molar-refractivity contribution is 5.13. The van der Waals surface area contributed by atoms with E-state index < -0.39 is 0 Å². The van der Waals surface area contributed by atoms with Crippen LogP contribution in [-0.4, -0.2) is 42.3 Å². The van der Waals surface area contributed by atoms with Crippen LogP contribution in [0.25, 0.3) is 0 Å². The van der Waals surface area contributed by atoms with E-state index in [2.05, 4.69) is 18.7 Å². The van der Waals surface area contributed by atoms with E-state index in [1.165, 1.54) is 32.1 Å². The highest BCUT2D eigenvalue weighted by Crippen LogP contribution is 2.60. The summed E-state index contributed by atoms with van der Waals surface area (Å²) in [5, 5.41) is 0. The lowest BCUT2D eigenvalue weighted by Gasteiger charge is -2.66. The Morgan fingerprint density at radius 1 is 1.05 bits per heavy atom. The van der Waals surface area contributed by atoms with Crippen molar-refractivity contribution < 1.29 is 4.74 Å². The van der Waals surface area contributed by atoms with Crippen LogP contribution >= 0.6 is 0 Å². The number of nitrogens with two attached hydrogens (primary N) is 1. The maximum Gasteiger partial charge on any atom is 0.0675 e. The lowest BCUT2D eigenvalue weighted by atomic mass is 9.48. The van der Waals surface area contributed by atoms with E-state index in [1.807, 2.05) is 0 Å². The molecule has 2 atom stereocenters. The first-order chi connectivity index (χ1) is 9.63. The molecule has 1 saturated heterocycles. The van der Waals surface area contributed by atoms with Crippen LogP contribution in [0.15, 0.2) is 0 Å². The van der Waals surface area contributed by atoms with E-state index in [9.17, 15) is 0 Å². The van der Waals surface area contributed by atoms with Crippen molar-refractivity contribution in [2.75, 3.05) is 19.7 Å². The summed E-state index contributed by atoms with van der Waals surface area (Å²) >= 11 is 0. The predicted molar refractivity (Wildman–Crippen MR) is 80.4 cm³/mol. The third-order valence-corrected chi connectivity index (χ3v) is 7.02. The van der Waals surface area contributed by atoms with Crippen molar-refractivity contribution in [2.45, 2.75) is 63.6 Å². The van der Waals surface area contributed by atoms with E-state index in [1.54, 1.807) is 0 Å². The van der Waals surface area contributed by atoms with Gasteiger partial charge in [-0.2, -0.15) is 0 Å². The van der Waals surface area contributed by atoms with Crippen LogP contribution in [-0.2, 0) is 4.74 Å². The van der Waals surface area contributed by atoms with Crippen LogP contribution in [0.2, 0.25) is 0 Å². The lowest BCUT2D eigenvalue weighted by Crippen LogP contribution is -2.73. The second kappa shape index (κ2) is 4.69. The molecule has 5 aliphatic rings. The molecule has 5 rings (SSSR count). The van der Waals surface area contributed by atoms with Gasteiger partial charge in [-0.25, -0.2) is 0 Å². The number of hydrogen-bond acceptors (Lipinski definition) is 3. The fourth-order valence-electron chi connectivity index (χ4n) is 6.40. The van der Waals surface area contributed by atoms with Crippen molar-refractivity contribution in [1.29, 1.82) is 0 Å². The summed E-state index contributed by atoms with van der Waals surface area (Å²) in [5.74, 6) is 3.75. The van der Waals surface area contributed by atoms with Gasteiger partial charge in [-0.05, 0) is 69.6 Å². The smallest absolute Gasteiger partial charge is 0.0675 e. The van der Waals surface area contributed by atoms with Gasteiger partial charge in [0, 0.05) is 24.7 Å². The first-order valence-corrected chi connectivity index (χ1v) is 8.72. The Bertz CT molecular complexity index is 355. The Hall–Kier alpha value is -0.120. The Morgan fingerprint density at radius 3 is 2.20 bits per heavy atom. The van der Waals surface area contributed by atoms with E-state index in [-0.39, 0.29) is 0 Å². The van der Waals surface area contributed by atoms with E-state index in [0.29, 0.717) is 17.7 Å². The summed E-state index contributed by atoms with van der Waals surface area (Å²) in [7, 11) is 0. The molecule has 4 aliphatic carbocycles. The number of ether oxygens (including phenoxy) is 1. The van der Waals surface area contributed by atoms with Gasteiger partial charge in [-0.3, -0.25) is 4.90 Å². The highest BCUT2D eigenvalue weighted by atomic mass is 16.5. The van der Waals surface area contributed by atoms with E-state index in [0.717, 1.165) is 43.4 Å². The number of nitrogens with zero attached hydrogens (tertiary/aromatic N) is 1. The summed E-state index contributed by atoms with van der Waals surface area (Å²) < 4.78 is 5.87. The fourth-order valence-corrected chi connectivity index (χ4v) is 6.40. The maximum absolute atomic E-state index is 6.44. The fraction of sp³-hybridized carbons (Fsp3) is 1.00. The predicted octanol–water partition coefficient (Wildman–Crippen LogP) is 2.25. The molecule has 1 heterocycles. The molecule has 5 fully saturated rings. The number of hydrogen-bond donors (Lipinski definition) is 1. The molecule has 0 aromatic rings. The van der Waals surface area contributed by atoms with Crippen LogP contribution in [0.4, 0.5) is 0 Å². The minimum Gasteiger partial charge on any atom is -0.376 e. The molecule has 4 bridgehead atoms. The molecule has 0 amide bonds. The second-order valence-electron chi connectivity index (χ2n) is 8.15. The Kier molecular flexibility index (Phi) is 3.17. The Morgan fingerprint density at radius 2 is 1.65 bits per heavy atom. The zero-order chi connectivity index (χ0) is 13.9. The van der Waals surface area contributed by atoms with Gasteiger partial charge in [0.25, 0.3) is 0 Å². The molecular formula is C17H30N2O. The lowest BCUT2D eigenvalue weighted by molar-refractivity contribution is -0.180. The van der Waals surface area contributed by atoms with Gasteiger partial charge in [0.15, 0.2) is 0 Å². The van der Waals surface area contributed by atoms with E-state index >= 15 is 0 Å². The zero-order valence-electron chi connectivity index (χ0n) is 13.1. The highest BCUT2D eigenvalue weighted by Gasteiger charge is 2.60. The van der Waals surface area contributed by atoms with Crippen LogP contribution in [0, 0.1) is 23.7 Å². The monoisotopic (exact) mass is 278 g/mol. The first kappa shape index (κ1) is 13.5. The van der Waals surface area contributed by atoms with Crippen molar-refractivity contribution >= 4 is 0 Å². The minimum atomic E-state index is 0.297. The molecule has 1 aliphatic heterocycles. The summed E-state index contributed by atoms with van der Waals surface area (Å²) in [6.07, 6.45) is 7.67. The van der Waals surface area contributed by atoms with Gasteiger partial charge in [0.05, 0.1) is 12.7 Å². The second-order valence-corrected chi connectivity index (χ2v) is 8.15. The normalized spacial score (nSPS) is 55.4. The summed E-state index contributed by atoms with van der Waals surface area (Å²) in [4.78, 5) is 2.79. The quantitative estimate of drug-likeness (QED) is 0.842. The van der Waals surface area contributed by atoms with Crippen molar-refractivity contribution in [1.82, 2.24) is 4.90 Å². The molecular weight excluding hydrogens is 248 g/mol. The SMILES string of the molecule is CC1CN(C2(CN)C3CC4CC(C3)CC2C4)C(C)CO1. The maximum atomic E-state index is 6.44. The molecule has 4 saturated carbocycles. The molecule has 0 spiro atoms. The van der Waals surface area contributed by atoms with Crippen LogP contribution in [0.3, 0.4) is 0 Å². The van der Waals surface area contributed by atoms with Crippen molar-refractivity contribution in [3.8, 4) is 0 Å². The average Bonchev–Trinajstić information content (AvgIpc) is 2.42. The first-order valence-electron chi connectivity index (χ1n) is 8.72. The van der Waals surface area contributed by atoms with Gasteiger partial charge >= 0.3 is 0 Å². The third kappa shape index (κ3) is 1.75. The molecule has 2 unspecified atom stereocenters. The van der Waals surface area contributed by atoms with Crippen molar-refractivity contribution in [3.63, 3.8) is 0 Å². The standard InChI is InChI=1S/C17H30N2O/c1-11-9-20-12(2)8-19(11)17(10-18)15-4-13-3-14(6-15)7-16(17)5-13/h11-16H,3-10,18H2,1-2H3. The summed E-state index contributed by atoms with van der Waals surface area (Å²) in [5.41, 5.74) is 6.74. The van der Waals surface area contributed by atoms with Gasteiger partial charge in [-0.1, -0.05) is 0 Å². The Balaban J connectivity index is 1.68. The molecule has 0 aromatic carbocycles. The van der Waals surface area contributed by atoms with Crippen molar-refractivity contribution in [3.05, 3.63) is 0 Å². The molecule has 2 N–H and O–H groups in total. The third-order valence-electron chi connectivity index (χ3n) is 7.02. The largest absolute Gasteiger partial charge is 0.376 e. The molecule has 20 heavy (non-hydrogen) atoms. The van der Waals surface area contributed by atoms with Gasteiger partial charge in [0.1, 0.15) is 0 Å². The summed E-state index contributed by atoms with van der Waals surface area (Å²) in [6, 6.07) is 0.535. The molecule has 3 heteroatoms.